The van der Waals surface area contributed by atoms with Crippen LogP contribution in [-0.2, 0) is 24.1 Å². The molecule has 198 valence electrons. The van der Waals surface area contributed by atoms with Crippen molar-refractivity contribution in [3.63, 3.8) is 0 Å². The summed E-state index contributed by atoms with van der Waals surface area (Å²) in [6.07, 6.45) is 1.87. The summed E-state index contributed by atoms with van der Waals surface area (Å²) in [4.78, 5) is 22.9. The van der Waals surface area contributed by atoms with Gasteiger partial charge in [-0.15, -0.1) is 0 Å². The lowest BCUT2D eigenvalue weighted by Gasteiger charge is -2.35. The number of pyridine rings is 1. The van der Waals surface area contributed by atoms with Gasteiger partial charge in [-0.2, -0.15) is 13.2 Å². The summed E-state index contributed by atoms with van der Waals surface area (Å²) in [5.74, 6) is 1.38. The summed E-state index contributed by atoms with van der Waals surface area (Å²) < 4.78 is 62.9. The van der Waals surface area contributed by atoms with Crippen molar-refractivity contribution in [2.24, 2.45) is 5.92 Å². The predicted octanol–water partition coefficient (Wildman–Crippen LogP) is 5.21. The molecule has 36 heavy (non-hydrogen) atoms. The fraction of sp³-hybridized carbons (Fsp3) is 0.654. The number of hydrogen-bond acceptors (Lipinski definition) is 6. The molecule has 2 aromatic heterocycles. The topological polar surface area (TPSA) is 68.5 Å². The molecule has 0 bridgehead atoms. The first-order chi connectivity index (χ1) is 17.1. The molecule has 0 radical (unpaired) electrons. The van der Waals surface area contributed by atoms with Gasteiger partial charge in [-0.05, 0) is 56.9 Å². The van der Waals surface area contributed by atoms with Crippen LogP contribution in [0, 0.1) is 12.8 Å². The highest BCUT2D eigenvalue weighted by molar-refractivity contribution is 5.80. The second-order valence-electron chi connectivity index (χ2n) is 10.1. The van der Waals surface area contributed by atoms with Crippen molar-refractivity contribution in [2.45, 2.75) is 76.6 Å². The number of carbonyl (C=O) groups is 1. The fourth-order valence-electron chi connectivity index (χ4n) is 5.12. The van der Waals surface area contributed by atoms with Gasteiger partial charge in [0.25, 0.3) is 0 Å². The van der Waals surface area contributed by atoms with Crippen molar-refractivity contribution in [3.05, 3.63) is 41.2 Å². The molecule has 2 aliphatic rings. The second-order valence-corrected chi connectivity index (χ2v) is 10.1. The SMILES string of the molecule is Cc1cnc(CC(=O)CC2CCC(F)(CCN3CCc4ccc(OCC(F)(F)F)nc4CC3)CC2)o1. The molecule has 6 nitrogen and oxygen atoms in total. The molecule has 0 spiro atoms. The van der Waals surface area contributed by atoms with E-state index in [9.17, 15) is 18.0 Å². The molecule has 0 unspecified atom stereocenters. The number of ketones is 1. The van der Waals surface area contributed by atoms with Crippen LogP contribution in [0.15, 0.2) is 22.7 Å². The number of halogens is 4. The van der Waals surface area contributed by atoms with Crippen molar-refractivity contribution >= 4 is 5.78 Å². The van der Waals surface area contributed by atoms with Crippen molar-refractivity contribution in [1.29, 1.82) is 0 Å². The second kappa shape index (κ2) is 11.3. The number of ether oxygens (including phenoxy) is 1. The van der Waals surface area contributed by atoms with Crippen LogP contribution in [0.25, 0.3) is 0 Å². The van der Waals surface area contributed by atoms with E-state index in [-0.39, 0.29) is 24.0 Å². The Bertz CT molecular complexity index is 1030. The summed E-state index contributed by atoms with van der Waals surface area (Å²) in [6, 6.07) is 3.26. The van der Waals surface area contributed by atoms with Crippen molar-refractivity contribution < 1.29 is 31.5 Å². The maximum Gasteiger partial charge on any atom is 0.422 e. The van der Waals surface area contributed by atoms with Crippen LogP contribution in [0.3, 0.4) is 0 Å². The number of Topliss-reactive ketones (excluding diaryl/α,β-unsaturated/α-hetero) is 1. The molecular weight excluding hydrogens is 478 g/mol. The zero-order valence-electron chi connectivity index (χ0n) is 20.6. The van der Waals surface area contributed by atoms with E-state index < -0.39 is 18.5 Å². The Balaban J connectivity index is 1.19. The van der Waals surface area contributed by atoms with E-state index in [1.165, 1.54) is 6.07 Å². The minimum atomic E-state index is -4.40. The molecule has 1 fully saturated rings. The first-order valence-corrected chi connectivity index (χ1v) is 12.6. The molecule has 1 aliphatic heterocycles. The van der Waals surface area contributed by atoms with Gasteiger partial charge in [-0.25, -0.2) is 14.4 Å². The number of nitrogens with zero attached hydrogens (tertiary/aromatic N) is 3. The molecule has 0 atom stereocenters. The Hall–Kier alpha value is -2.49. The molecule has 4 rings (SSSR count). The third-order valence-corrected chi connectivity index (χ3v) is 7.20. The Morgan fingerprint density at radius 3 is 2.67 bits per heavy atom. The molecule has 0 aromatic carbocycles. The number of carbonyl (C=O) groups excluding carboxylic acids is 1. The van der Waals surface area contributed by atoms with Gasteiger partial charge in [0, 0.05) is 44.2 Å². The molecule has 0 N–H and O–H groups in total. The highest BCUT2D eigenvalue weighted by Crippen LogP contribution is 2.39. The van der Waals surface area contributed by atoms with Crippen LogP contribution >= 0.6 is 0 Å². The number of aromatic nitrogens is 2. The molecular formula is C26H33F4N3O3. The normalized spacial score (nSPS) is 23.2. The summed E-state index contributed by atoms with van der Waals surface area (Å²) in [6.45, 7) is 2.48. The lowest BCUT2D eigenvalue weighted by Crippen LogP contribution is -2.36. The minimum Gasteiger partial charge on any atom is -0.468 e. The Morgan fingerprint density at radius 2 is 1.97 bits per heavy atom. The van der Waals surface area contributed by atoms with Crippen molar-refractivity contribution in [2.75, 3.05) is 26.2 Å². The lowest BCUT2D eigenvalue weighted by molar-refractivity contribution is -0.154. The van der Waals surface area contributed by atoms with Gasteiger partial charge in [0.2, 0.25) is 11.8 Å². The zero-order valence-corrected chi connectivity index (χ0v) is 20.6. The van der Waals surface area contributed by atoms with Crippen LogP contribution < -0.4 is 4.74 Å². The van der Waals surface area contributed by atoms with E-state index in [4.69, 9.17) is 9.15 Å². The van der Waals surface area contributed by atoms with Crippen molar-refractivity contribution in [1.82, 2.24) is 14.9 Å². The summed E-state index contributed by atoms with van der Waals surface area (Å²) in [5, 5.41) is 0. The lowest BCUT2D eigenvalue weighted by atomic mass is 9.76. The Morgan fingerprint density at radius 1 is 1.22 bits per heavy atom. The zero-order chi connectivity index (χ0) is 25.8. The van der Waals surface area contributed by atoms with Gasteiger partial charge >= 0.3 is 6.18 Å². The number of alkyl halides is 4. The van der Waals surface area contributed by atoms with Crippen molar-refractivity contribution in [3.8, 4) is 5.88 Å². The third kappa shape index (κ3) is 7.75. The largest absolute Gasteiger partial charge is 0.468 e. The van der Waals surface area contributed by atoms with Gasteiger partial charge < -0.3 is 14.1 Å². The monoisotopic (exact) mass is 511 g/mol. The summed E-state index contributed by atoms with van der Waals surface area (Å²) in [5.41, 5.74) is 0.518. The average molecular weight is 512 g/mol. The van der Waals surface area contributed by atoms with E-state index in [0.717, 1.165) is 24.2 Å². The standard InChI is InChI=1S/C26H33F4N3O3/c1-18-16-31-24(36-18)15-21(34)14-19-4-8-25(27,9-5-19)10-13-33-11-6-20-2-3-23(32-22(20)7-12-33)35-17-26(28,29)30/h2-3,16,19H,4-15,17H2,1H3. The smallest absolute Gasteiger partial charge is 0.422 e. The van der Waals surface area contributed by atoms with E-state index >= 15 is 4.39 Å². The predicted molar refractivity (Wildman–Crippen MR) is 125 cm³/mol. The molecule has 0 amide bonds. The molecule has 10 heteroatoms. The highest BCUT2D eigenvalue weighted by atomic mass is 19.4. The maximum atomic E-state index is 15.5. The number of hydrogen-bond donors (Lipinski definition) is 0. The third-order valence-electron chi connectivity index (χ3n) is 7.20. The summed E-state index contributed by atoms with van der Waals surface area (Å²) in [7, 11) is 0. The van der Waals surface area contributed by atoms with Gasteiger partial charge in [0.1, 0.15) is 17.2 Å². The molecule has 2 aromatic rings. The minimum absolute atomic E-state index is 0.0204. The Kier molecular flexibility index (Phi) is 8.32. The molecule has 1 aliphatic carbocycles. The molecule has 3 heterocycles. The van der Waals surface area contributed by atoms with Crippen LogP contribution in [0.5, 0.6) is 5.88 Å². The Labute approximate surface area is 208 Å². The van der Waals surface area contributed by atoms with Gasteiger partial charge in [-0.1, -0.05) is 6.07 Å². The number of oxazole rings is 1. The average Bonchev–Trinajstić information content (AvgIpc) is 3.11. The van der Waals surface area contributed by atoms with Gasteiger partial charge in [0.05, 0.1) is 12.6 Å². The quantitative estimate of drug-likeness (QED) is 0.431. The van der Waals surface area contributed by atoms with E-state index in [0.29, 0.717) is 69.7 Å². The fourth-order valence-corrected chi connectivity index (χ4v) is 5.12. The van der Waals surface area contributed by atoms with Crippen LogP contribution in [0.4, 0.5) is 17.6 Å². The van der Waals surface area contributed by atoms with Crippen LogP contribution in [-0.4, -0.2) is 58.7 Å². The molecule has 0 saturated heterocycles. The first-order valence-electron chi connectivity index (χ1n) is 12.6. The number of rotatable bonds is 9. The number of fused-ring (bicyclic) bond motifs is 1. The highest BCUT2D eigenvalue weighted by Gasteiger charge is 2.36. The van der Waals surface area contributed by atoms with E-state index in [2.05, 4.69) is 14.9 Å². The van der Waals surface area contributed by atoms with Gasteiger partial charge in [-0.3, -0.25) is 4.79 Å². The molecule has 1 saturated carbocycles. The van der Waals surface area contributed by atoms with Gasteiger partial charge in [0.15, 0.2) is 6.61 Å². The summed E-state index contributed by atoms with van der Waals surface area (Å²) >= 11 is 0. The van der Waals surface area contributed by atoms with E-state index in [1.807, 2.05) is 0 Å². The van der Waals surface area contributed by atoms with E-state index in [1.54, 1.807) is 19.2 Å². The number of aryl methyl sites for hydroxylation is 1. The maximum absolute atomic E-state index is 15.5. The first kappa shape index (κ1) is 26.6. The van der Waals surface area contributed by atoms with Crippen LogP contribution in [0.2, 0.25) is 0 Å². The van der Waals surface area contributed by atoms with Crippen LogP contribution in [0.1, 0.15) is 61.4 Å².